The molecule has 7 nitrogen and oxygen atoms in total. The van der Waals surface area contributed by atoms with Crippen LogP contribution in [0.1, 0.15) is 28.8 Å². The first-order chi connectivity index (χ1) is 10.1. The van der Waals surface area contributed by atoms with Crippen molar-refractivity contribution in [3.05, 3.63) is 29.3 Å². The molecule has 0 bridgehead atoms. The average Bonchev–Trinajstić information content (AvgIpc) is 2.78. The lowest BCUT2D eigenvalue weighted by Crippen LogP contribution is -2.52. The molecule has 110 valence electrons. The average molecular weight is 289 g/mol. The van der Waals surface area contributed by atoms with Gasteiger partial charge in [-0.15, -0.1) is 0 Å². The van der Waals surface area contributed by atoms with Gasteiger partial charge in [-0.2, -0.15) is 0 Å². The largest absolute Gasteiger partial charge is 0.322 e. The van der Waals surface area contributed by atoms with Crippen molar-refractivity contribution in [2.24, 2.45) is 0 Å². The molecule has 2 aliphatic rings. The molecular formula is C14H15N3O4. The molecule has 0 aromatic heterocycles. The van der Waals surface area contributed by atoms with Gasteiger partial charge in [0.2, 0.25) is 11.8 Å². The highest BCUT2D eigenvalue weighted by atomic mass is 16.6. The van der Waals surface area contributed by atoms with Crippen LogP contribution in [-0.2, 0) is 21.0 Å². The summed E-state index contributed by atoms with van der Waals surface area (Å²) in [7, 11) is 1.49. The molecule has 1 unspecified atom stereocenters. The van der Waals surface area contributed by atoms with Gasteiger partial charge in [-0.05, 0) is 18.6 Å². The number of nitrogens with zero attached hydrogens (tertiary/aromatic N) is 1. The van der Waals surface area contributed by atoms with Crippen LogP contribution in [0, 0.1) is 0 Å². The molecule has 3 rings (SSSR count). The number of fused-ring (bicyclic) bond motifs is 1. The molecule has 1 fully saturated rings. The predicted molar refractivity (Wildman–Crippen MR) is 73.1 cm³/mol. The number of hydrogen-bond acceptors (Lipinski definition) is 5. The summed E-state index contributed by atoms with van der Waals surface area (Å²) in [6.45, 7) is 0.326. The third-order valence-electron chi connectivity index (χ3n) is 3.79. The molecule has 0 saturated carbocycles. The van der Waals surface area contributed by atoms with Crippen LogP contribution in [0.15, 0.2) is 18.2 Å². The molecule has 0 spiro atoms. The number of imide groups is 1. The molecule has 1 aromatic carbocycles. The highest BCUT2D eigenvalue weighted by Gasteiger charge is 2.39. The fourth-order valence-electron chi connectivity index (χ4n) is 2.79. The summed E-state index contributed by atoms with van der Waals surface area (Å²) in [4.78, 5) is 42.0. The Labute approximate surface area is 121 Å². The normalized spacial score (nSPS) is 21.3. The first-order valence-corrected chi connectivity index (χ1v) is 6.67. The number of amides is 3. The van der Waals surface area contributed by atoms with E-state index in [2.05, 4.69) is 10.8 Å². The Morgan fingerprint density at radius 2 is 2.14 bits per heavy atom. The van der Waals surface area contributed by atoms with Crippen molar-refractivity contribution in [1.29, 1.82) is 0 Å². The molecule has 21 heavy (non-hydrogen) atoms. The van der Waals surface area contributed by atoms with Crippen LogP contribution in [-0.4, -0.2) is 35.8 Å². The topological polar surface area (TPSA) is 87.7 Å². The maximum atomic E-state index is 12.5. The summed E-state index contributed by atoms with van der Waals surface area (Å²) in [5, 5.41) is 2.28. The highest BCUT2D eigenvalue weighted by molar-refractivity contribution is 6.06. The Morgan fingerprint density at radius 3 is 2.86 bits per heavy atom. The number of benzene rings is 1. The van der Waals surface area contributed by atoms with Gasteiger partial charge in [0.25, 0.3) is 5.91 Å². The van der Waals surface area contributed by atoms with E-state index in [1.54, 1.807) is 12.1 Å². The number of carbonyl (C=O) groups excluding carboxylic acids is 3. The Bertz CT molecular complexity index is 629. The monoisotopic (exact) mass is 289 g/mol. The minimum absolute atomic E-state index is 0.195. The van der Waals surface area contributed by atoms with Crippen molar-refractivity contribution in [2.45, 2.75) is 25.4 Å². The van der Waals surface area contributed by atoms with Crippen molar-refractivity contribution in [2.75, 3.05) is 12.6 Å². The predicted octanol–water partition coefficient (Wildman–Crippen LogP) is 0.421. The molecule has 2 N–H and O–H groups in total. The van der Waals surface area contributed by atoms with Crippen molar-refractivity contribution in [1.82, 2.24) is 10.2 Å². The molecule has 7 heteroatoms. The van der Waals surface area contributed by atoms with Crippen LogP contribution in [0.25, 0.3) is 0 Å². The van der Waals surface area contributed by atoms with E-state index in [1.165, 1.54) is 12.0 Å². The number of nitrogens with one attached hydrogen (secondary N) is 2. The molecule has 1 aromatic rings. The van der Waals surface area contributed by atoms with Crippen LogP contribution in [0.2, 0.25) is 0 Å². The zero-order valence-electron chi connectivity index (χ0n) is 11.5. The van der Waals surface area contributed by atoms with Gasteiger partial charge in [0.1, 0.15) is 6.04 Å². The number of carbonyl (C=O) groups is 3. The maximum absolute atomic E-state index is 12.5. The van der Waals surface area contributed by atoms with E-state index >= 15 is 0 Å². The smallest absolute Gasteiger partial charge is 0.255 e. The molecule has 1 atom stereocenters. The van der Waals surface area contributed by atoms with Gasteiger partial charge in [0.15, 0.2) is 0 Å². The standard InChI is InChI=1S/C14H15N3O4/c1-21-16-10-4-2-3-8-9(10)7-17(14(8)20)11-5-6-12(18)15-13(11)19/h2-4,11,16H,5-7H2,1H3,(H,15,18,19). The van der Waals surface area contributed by atoms with Crippen LogP contribution in [0.5, 0.6) is 0 Å². The third-order valence-corrected chi connectivity index (χ3v) is 3.79. The summed E-state index contributed by atoms with van der Waals surface area (Å²) in [5.41, 5.74) is 4.80. The molecule has 2 heterocycles. The third kappa shape index (κ3) is 2.25. The second-order valence-electron chi connectivity index (χ2n) is 5.04. The van der Waals surface area contributed by atoms with E-state index < -0.39 is 11.9 Å². The van der Waals surface area contributed by atoms with Crippen LogP contribution in [0.4, 0.5) is 5.69 Å². The summed E-state index contributed by atoms with van der Waals surface area (Å²) in [6.07, 6.45) is 0.608. The lowest BCUT2D eigenvalue weighted by molar-refractivity contribution is -0.136. The van der Waals surface area contributed by atoms with Gasteiger partial charge < -0.3 is 4.90 Å². The van der Waals surface area contributed by atoms with Crippen molar-refractivity contribution in [3.63, 3.8) is 0 Å². The maximum Gasteiger partial charge on any atom is 0.255 e. The lowest BCUT2D eigenvalue weighted by atomic mass is 10.0. The minimum atomic E-state index is -0.599. The zero-order chi connectivity index (χ0) is 15.0. The first-order valence-electron chi connectivity index (χ1n) is 6.67. The fourth-order valence-corrected chi connectivity index (χ4v) is 2.79. The van der Waals surface area contributed by atoms with Crippen molar-refractivity contribution < 1.29 is 19.2 Å². The van der Waals surface area contributed by atoms with E-state index in [-0.39, 0.29) is 18.2 Å². The Balaban J connectivity index is 1.88. The first kappa shape index (κ1) is 13.6. The van der Waals surface area contributed by atoms with Crippen LogP contribution in [0.3, 0.4) is 0 Å². The van der Waals surface area contributed by atoms with Crippen molar-refractivity contribution in [3.8, 4) is 0 Å². The summed E-state index contributed by atoms with van der Waals surface area (Å²) in [6, 6.07) is 4.69. The summed E-state index contributed by atoms with van der Waals surface area (Å²) < 4.78 is 0. The van der Waals surface area contributed by atoms with E-state index in [9.17, 15) is 14.4 Å². The van der Waals surface area contributed by atoms with Gasteiger partial charge in [0.05, 0.1) is 12.8 Å². The Hall–Kier alpha value is -2.41. The molecule has 0 aliphatic carbocycles. The van der Waals surface area contributed by atoms with Gasteiger partial charge in [0, 0.05) is 24.1 Å². The molecule has 1 saturated heterocycles. The molecule has 0 radical (unpaired) electrons. The Morgan fingerprint density at radius 1 is 1.33 bits per heavy atom. The van der Waals surface area contributed by atoms with E-state index in [0.717, 1.165) is 5.56 Å². The second kappa shape index (κ2) is 5.17. The van der Waals surface area contributed by atoms with Crippen LogP contribution < -0.4 is 10.8 Å². The highest BCUT2D eigenvalue weighted by Crippen LogP contribution is 2.32. The van der Waals surface area contributed by atoms with Crippen LogP contribution >= 0.6 is 0 Å². The molecule has 3 amide bonds. The van der Waals surface area contributed by atoms with E-state index in [1.807, 2.05) is 6.07 Å². The minimum Gasteiger partial charge on any atom is -0.322 e. The molecule has 2 aliphatic heterocycles. The number of anilines is 1. The number of hydrogen-bond donors (Lipinski definition) is 2. The fraction of sp³-hybridized carbons (Fsp3) is 0.357. The Kier molecular flexibility index (Phi) is 3.34. The second-order valence-corrected chi connectivity index (χ2v) is 5.04. The summed E-state index contributed by atoms with van der Waals surface area (Å²) in [5.74, 6) is -0.893. The van der Waals surface area contributed by atoms with Gasteiger partial charge in [-0.25, -0.2) is 0 Å². The number of piperidine rings is 1. The van der Waals surface area contributed by atoms with E-state index in [4.69, 9.17) is 4.84 Å². The van der Waals surface area contributed by atoms with Gasteiger partial charge in [-0.1, -0.05) is 6.07 Å². The van der Waals surface area contributed by atoms with Gasteiger partial charge in [-0.3, -0.25) is 30.0 Å². The lowest BCUT2D eigenvalue weighted by Gasteiger charge is -2.29. The van der Waals surface area contributed by atoms with Crippen molar-refractivity contribution >= 4 is 23.4 Å². The quantitative estimate of drug-likeness (QED) is 0.622. The number of rotatable bonds is 3. The van der Waals surface area contributed by atoms with E-state index in [0.29, 0.717) is 24.2 Å². The zero-order valence-corrected chi connectivity index (χ0v) is 11.5. The summed E-state index contributed by atoms with van der Waals surface area (Å²) >= 11 is 0. The SMILES string of the molecule is CONc1cccc2c1CN(C1CCC(=O)NC1=O)C2=O. The molecular weight excluding hydrogens is 274 g/mol. The van der Waals surface area contributed by atoms with Gasteiger partial charge >= 0.3 is 0 Å².